The summed E-state index contributed by atoms with van der Waals surface area (Å²) < 4.78 is 2.29. The van der Waals surface area contributed by atoms with E-state index in [1.54, 1.807) is 6.07 Å². The number of nitrogens with zero attached hydrogens (tertiary/aromatic N) is 1. The predicted octanol–water partition coefficient (Wildman–Crippen LogP) is 7.36. The minimum Gasteiger partial charge on any atom is -0.299 e. The molecule has 1 aromatic carbocycles. The van der Waals surface area contributed by atoms with Crippen LogP contribution in [0.15, 0.2) is 36.4 Å². The summed E-state index contributed by atoms with van der Waals surface area (Å²) in [6.07, 6.45) is 13.3. The Labute approximate surface area is 213 Å². The molecule has 1 aromatic heterocycles. The molecule has 34 heavy (non-hydrogen) atoms. The molecule has 2 rings (SSSR count). The van der Waals surface area contributed by atoms with E-state index in [-0.39, 0.29) is 5.78 Å². The number of carbonyl (C=O) groups excluding carboxylic acids is 2. The molecule has 0 fully saturated rings. The van der Waals surface area contributed by atoms with Crippen molar-refractivity contribution in [1.82, 2.24) is 0 Å². The average Bonchev–Trinajstić information content (AvgIpc) is 2.81. The minimum atomic E-state index is 0.247. The molecule has 3 nitrogen and oxygen atoms in total. The molecule has 0 spiro atoms. The first-order valence-corrected chi connectivity index (χ1v) is 13.7. The van der Waals surface area contributed by atoms with Gasteiger partial charge in [-0.1, -0.05) is 82.6 Å². The Hall–Kier alpha value is -1.94. The number of thiol groups is 1. The van der Waals surface area contributed by atoms with Crippen LogP contribution in [-0.4, -0.2) is 17.8 Å². The van der Waals surface area contributed by atoms with Crippen molar-refractivity contribution < 1.29 is 14.2 Å². The van der Waals surface area contributed by atoms with E-state index in [1.807, 2.05) is 18.2 Å². The van der Waals surface area contributed by atoms with Gasteiger partial charge in [-0.2, -0.15) is 17.2 Å². The molecule has 188 valence electrons. The van der Waals surface area contributed by atoms with Crippen LogP contribution in [-0.2, 0) is 17.8 Å². The normalized spacial score (nSPS) is 10.5. The number of aryl methyl sites for hydroxylation is 3. The number of pyridine rings is 1. The molecule has 0 saturated heterocycles. The molecule has 4 heteroatoms. The van der Waals surface area contributed by atoms with Crippen LogP contribution in [0.4, 0.5) is 0 Å². The number of aromatic nitrogens is 1. The summed E-state index contributed by atoms with van der Waals surface area (Å²) in [7, 11) is 0. The summed E-state index contributed by atoms with van der Waals surface area (Å²) in [5.74, 6) is 1.15. The Morgan fingerprint density at radius 2 is 1.44 bits per heavy atom. The van der Waals surface area contributed by atoms with Crippen molar-refractivity contribution in [3.63, 3.8) is 0 Å². The molecule has 0 unspecified atom stereocenters. The van der Waals surface area contributed by atoms with Gasteiger partial charge in [0.05, 0.1) is 0 Å². The highest BCUT2D eigenvalue weighted by Crippen LogP contribution is 2.13. The second-order valence-corrected chi connectivity index (χ2v) is 9.75. The lowest BCUT2D eigenvalue weighted by Gasteiger charge is -2.04. The van der Waals surface area contributed by atoms with Gasteiger partial charge in [-0.15, -0.1) is 0 Å². The quantitative estimate of drug-likeness (QED) is 0.124. The Bertz CT molecular complexity index is 840. The molecule has 1 heterocycles. The molecular formula is C30H46NO2S+. The smallest absolute Gasteiger partial charge is 0.178 e. The second kappa shape index (κ2) is 18.4. The number of ketones is 1. The van der Waals surface area contributed by atoms with Gasteiger partial charge < -0.3 is 0 Å². The number of unbranched alkanes of at least 4 members (excludes halogenated alkanes) is 8. The maximum Gasteiger partial charge on any atom is 0.178 e. The molecule has 0 radical (unpaired) electrons. The van der Waals surface area contributed by atoms with Gasteiger partial charge in [0.1, 0.15) is 12.1 Å². The minimum absolute atomic E-state index is 0.247. The van der Waals surface area contributed by atoms with Crippen LogP contribution in [0.3, 0.4) is 0 Å². The highest BCUT2D eigenvalue weighted by atomic mass is 32.1. The first-order valence-electron chi connectivity index (χ1n) is 13.1. The number of Topliss-reactive ketones (excluding diaryl/α,β-unsaturated/α-hetero) is 1. The van der Waals surface area contributed by atoms with Crippen molar-refractivity contribution in [3.05, 3.63) is 64.5 Å². The van der Waals surface area contributed by atoms with Crippen LogP contribution in [0.5, 0.6) is 0 Å². The van der Waals surface area contributed by atoms with Crippen LogP contribution in [0.2, 0.25) is 0 Å². The van der Waals surface area contributed by atoms with Crippen LogP contribution in [0.1, 0.15) is 104 Å². The van der Waals surface area contributed by atoms with Crippen molar-refractivity contribution in [3.8, 4) is 0 Å². The van der Waals surface area contributed by atoms with Crippen molar-refractivity contribution in [2.45, 2.75) is 105 Å². The molecule has 0 bridgehead atoms. The SMILES string of the molecule is CCCCCCCCCCCC(=O)Cc1ccccc1C=O.Cc1cc(C)[n+](CCS)c(C)c1. The highest BCUT2D eigenvalue weighted by molar-refractivity contribution is 7.80. The number of rotatable bonds is 15. The zero-order valence-corrected chi connectivity index (χ0v) is 22.8. The van der Waals surface area contributed by atoms with Gasteiger partial charge in [-0.05, 0) is 24.5 Å². The van der Waals surface area contributed by atoms with E-state index in [2.05, 4.69) is 57.0 Å². The summed E-state index contributed by atoms with van der Waals surface area (Å²) in [5.41, 5.74) is 5.48. The van der Waals surface area contributed by atoms with Crippen molar-refractivity contribution in [2.75, 3.05) is 5.75 Å². The molecule has 0 aliphatic rings. The third kappa shape index (κ3) is 12.5. The van der Waals surface area contributed by atoms with Crippen LogP contribution < -0.4 is 4.57 Å². The van der Waals surface area contributed by atoms with Gasteiger partial charge in [0.2, 0.25) is 0 Å². The topological polar surface area (TPSA) is 38.0 Å². The predicted molar refractivity (Wildman–Crippen MR) is 147 cm³/mol. The summed E-state index contributed by atoms with van der Waals surface area (Å²) in [4.78, 5) is 22.9. The van der Waals surface area contributed by atoms with Crippen molar-refractivity contribution in [1.29, 1.82) is 0 Å². The molecule has 0 atom stereocenters. The van der Waals surface area contributed by atoms with Gasteiger partial charge >= 0.3 is 0 Å². The fourth-order valence-corrected chi connectivity index (χ4v) is 4.53. The fourth-order valence-electron chi connectivity index (χ4n) is 4.33. The Kier molecular flexibility index (Phi) is 16.3. The third-order valence-electron chi connectivity index (χ3n) is 6.18. The van der Waals surface area contributed by atoms with E-state index in [1.165, 1.54) is 61.9 Å². The number of hydrogen-bond donors (Lipinski definition) is 1. The summed E-state index contributed by atoms with van der Waals surface area (Å²) >= 11 is 4.23. The van der Waals surface area contributed by atoms with Crippen LogP contribution >= 0.6 is 12.6 Å². The van der Waals surface area contributed by atoms with Crippen molar-refractivity contribution in [2.24, 2.45) is 0 Å². The molecule has 0 amide bonds. The van der Waals surface area contributed by atoms with E-state index >= 15 is 0 Å². The largest absolute Gasteiger partial charge is 0.299 e. The highest BCUT2D eigenvalue weighted by Gasteiger charge is 2.09. The van der Waals surface area contributed by atoms with Gasteiger partial charge in [0, 0.05) is 50.1 Å². The van der Waals surface area contributed by atoms with Gasteiger partial charge in [-0.3, -0.25) is 9.59 Å². The molecule has 2 aromatic rings. The van der Waals surface area contributed by atoms with E-state index in [4.69, 9.17) is 0 Å². The molecule has 0 saturated carbocycles. The van der Waals surface area contributed by atoms with E-state index in [0.29, 0.717) is 18.4 Å². The maximum absolute atomic E-state index is 12.0. The van der Waals surface area contributed by atoms with Gasteiger partial charge in [-0.25, -0.2) is 0 Å². The third-order valence-corrected chi connectivity index (χ3v) is 6.38. The molecule has 0 N–H and O–H groups in total. The fraction of sp³-hybridized carbons (Fsp3) is 0.567. The summed E-state index contributed by atoms with van der Waals surface area (Å²) in [5, 5.41) is 0. The Morgan fingerprint density at radius 3 is 2.00 bits per heavy atom. The number of benzene rings is 1. The van der Waals surface area contributed by atoms with E-state index in [0.717, 1.165) is 37.0 Å². The lowest BCUT2D eigenvalue weighted by molar-refractivity contribution is -0.704. The monoisotopic (exact) mass is 484 g/mol. The van der Waals surface area contributed by atoms with Crippen LogP contribution in [0.25, 0.3) is 0 Å². The average molecular weight is 485 g/mol. The molecular weight excluding hydrogens is 438 g/mol. The lowest BCUT2D eigenvalue weighted by Crippen LogP contribution is -2.41. The zero-order chi connectivity index (χ0) is 25.2. The van der Waals surface area contributed by atoms with E-state index < -0.39 is 0 Å². The summed E-state index contributed by atoms with van der Waals surface area (Å²) in [6.45, 7) is 9.66. The number of hydrogen-bond acceptors (Lipinski definition) is 3. The number of aldehydes is 1. The van der Waals surface area contributed by atoms with Crippen molar-refractivity contribution >= 4 is 24.7 Å². The Balaban J connectivity index is 0.000000404. The summed E-state index contributed by atoms with van der Waals surface area (Å²) in [6, 6.07) is 11.8. The number of carbonyl (C=O) groups is 2. The standard InChI is InChI=1S/C20H30O2.C10H15NS/c1-2-3-4-5-6-7-8-9-10-15-20(22)16-18-13-11-12-14-19(18)17-21;1-8-6-9(2)11(4-5-12)10(3)7-8/h11-14,17H,2-10,15-16H2,1H3;6-7H,4-5H2,1-3H3/p+1. The zero-order valence-electron chi connectivity index (χ0n) is 21.9. The molecule has 0 aliphatic heterocycles. The lowest BCUT2D eigenvalue weighted by atomic mass is 9.99. The van der Waals surface area contributed by atoms with Gasteiger partial charge in [0.25, 0.3) is 0 Å². The van der Waals surface area contributed by atoms with Gasteiger partial charge in [0.15, 0.2) is 17.9 Å². The van der Waals surface area contributed by atoms with E-state index in [9.17, 15) is 9.59 Å². The van der Waals surface area contributed by atoms with Crippen LogP contribution in [0, 0.1) is 20.8 Å². The Morgan fingerprint density at radius 1 is 0.882 bits per heavy atom. The first kappa shape index (κ1) is 30.1. The second-order valence-electron chi connectivity index (χ2n) is 9.30. The maximum atomic E-state index is 12.0. The molecule has 0 aliphatic carbocycles. The first-order chi connectivity index (χ1) is 16.4.